The highest BCUT2D eigenvalue weighted by Crippen LogP contribution is 2.30. The fourth-order valence-electron chi connectivity index (χ4n) is 2.36. The predicted molar refractivity (Wildman–Crippen MR) is 92.8 cm³/mol. The third-order valence-corrected chi connectivity index (χ3v) is 4.34. The highest BCUT2D eigenvalue weighted by atomic mass is 35.5. The van der Waals surface area contributed by atoms with E-state index in [0.29, 0.717) is 10.0 Å². The van der Waals surface area contributed by atoms with Gasteiger partial charge < -0.3 is 5.32 Å². The Kier molecular flexibility index (Phi) is 5.95. The molecule has 0 saturated carbocycles. The first-order valence-corrected chi connectivity index (χ1v) is 8.08. The zero-order valence-corrected chi connectivity index (χ0v) is 14.4. The molecule has 21 heavy (non-hydrogen) atoms. The topological polar surface area (TPSA) is 12.0 Å². The Labute approximate surface area is 141 Å². The van der Waals surface area contributed by atoms with Crippen LogP contribution in [0, 0.1) is 6.92 Å². The van der Waals surface area contributed by atoms with Crippen LogP contribution in [-0.2, 0) is 6.42 Å². The van der Waals surface area contributed by atoms with Gasteiger partial charge in [0.1, 0.15) is 0 Å². The summed E-state index contributed by atoms with van der Waals surface area (Å²) in [5, 5.41) is 5.60. The molecule has 1 unspecified atom stereocenters. The van der Waals surface area contributed by atoms with Crippen molar-refractivity contribution in [3.63, 3.8) is 0 Å². The summed E-state index contributed by atoms with van der Waals surface area (Å²) in [6.45, 7) is 4.98. The maximum absolute atomic E-state index is 6.40. The van der Waals surface area contributed by atoms with Gasteiger partial charge in [-0.1, -0.05) is 59.9 Å². The Balaban J connectivity index is 2.30. The number of halogens is 3. The molecule has 0 bridgehead atoms. The summed E-state index contributed by atoms with van der Waals surface area (Å²) in [5.41, 5.74) is 3.31. The van der Waals surface area contributed by atoms with Crippen LogP contribution >= 0.6 is 34.8 Å². The molecule has 0 aliphatic carbocycles. The Morgan fingerprint density at radius 3 is 2.38 bits per heavy atom. The first-order chi connectivity index (χ1) is 10.0. The van der Waals surface area contributed by atoms with E-state index < -0.39 is 0 Å². The van der Waals surface area contributed by atoms with Crippen LogP contribution in [0.1, 0.15) is 29.7 Å². The fraction of sp³-hybridized carbons (Fsp3) is 0.294. The van der Waals surface area contributed by atoms with Crippen molar-refractivity contribution in [2.75, 3.05) is 6.54 Å². The highest BCUT2D eigenvalue weighted by Gasteiger charge is 2.16. The fourth-order valence-corrected chi connectivity index (χ4v) is 3.21. The van der Waals surface area contributed by atoms with Crippen LogP contribution in [0.15, 0.2) is 36.4 Å². The minimum Gasteiger partial charge on any atom is -0.310 e. The lowest BCUT2D eigenvalue weighted by Crippen LogP contribution is -2.23. The van der Waals surface area contributed by atoms with Crippen molar-refractivity contribution in [3.05, 3.63) is 68.2 Å². The number of nitrogens with one attached hydrogen (secondary N) is 1. The predicted octanol–water partition coefficient (Wildman–Crippen LogP) is 5.85. The van der Waals surface area contributed by atoms with Gasteiger partial charge in [-0.25, -0.2) is 0 Å². The van der Waals surface area contributed by atoms with Crippen LogP contribution in [0.3, 0.4) is 0 Å². The van der Waals surface area contributed by atoms with E-state index in [9.17, 15) is 0 Å². The lowest BCUT2D eigenvalue weighted by Gasteiger charge is -2.21. The lowest BCUT2D eigenvalue weighted by atomic mass is 9.97. The van der Waals surface area contributed by atoms with Crippen molar-refractivity contribution < 1.29 is 0 Å². The molecule has 112 valence electrons. The quantitative estimate of drug-likeness (QED) is 0.719. The molecule has 0 fully saturated rings. The summed E-state index contributed by atoms with van der Waals surface area (Å²) in [6.07, 6.45) is 0.770. The van der Waals surface area contributed by atoms with E-state index in [2.05, 4.69) is 24.4 Å². The summed E-state index contributed by atoms with van der Waals surface area (Å²) in [5.74, 6) is 0. The summed E-state index contributed by atoms with van der Waals surface area (Å²) in [7, 11) is 0. The molecule has 2 aromatic carbocycles. The van der Waals surface area contributed by atoms with Gasteiger partial charge in [-0.05, 0) is 54.8 Å². The number of likely N-dealkylation sites (N-methyl/N-ethyl adjacent to an activating group) is 1. The maximum Gasteiger partial charge on any atom is 0.0456 e. The maximum atomic E-state index is 6.40. The van der Waals surface area contributed by atoms with Crippen LogP contribution < -0.4 is 5.32 Å². The highest BCUT2D eigenvalue weighted by molar-refractivity contribution is 6.35. The van der Waals surface area contributed by atoms with Crippen LogP contribution in [0.25, 0.3) is 0 Å². The molecule has 2 aromatic rings. The van der Waals surface area contributed by atoms with E-state index in [-0.39, 0.29) is 6.04 Å². The second-order valence-electron chi connectivity index (χ2n) is 5.08. The van der Waals surface area contributed by atoms with Crippen LogP contribution in [0.2, 0.25) is 15.1 Å². The summed E-state index contributed by atoms with van der Waals surface area (Å²) in [4.78, 5) is 0. The monoisotopic (exact) mass is 341 g/mol. The molecule has 0 radical (unpaired) electrons. The van der Waals surface area contributed by atoms with Crippen molar-refractivity contribution in [1.82, 2.24) is 5.32 Å². The Morgan fingerprint density at radius 1 is 1.00 bits per heavy atom. The molecular formula is C17H18Cl3N. The summed E-state index contributed by atoms with van der Waals surface area (Å²) >= 11 is 18.6. The lowest BCUT2D eigenvalue weighted by molar-refractivity contribution is 0.550. The Bertz CT molecular complexity index is 625. The Hall–Kier alpha value is -0.730. The zero-order valence-electron chi connectivity index (χ0n) is 12.1. The van der Waals surface area contributed by atoms with E-state index in [0.717, 1.165) is 34.7 Å². The first kappa shape index (κ1) is 16.6. The molecule has 2 rings (SSSR count). The van der Waals surface area contributed by atoms with Gasteiger partial charge in [-0.15, -0.1) is 0 Å². The van der Waals surface area contributed by atoms with Crippen molar-refractivity contribution >= 4 is 34.8 Å². The van der Waals surface area contributed by atoms with Gasteiger partial charge >= 0.3 is 0 Å². The van der Waals surface area contributed by atoms with Crippen LogP contribution in [0.5, 0.6) is 0 Å². The molecule has 0 aliphatic heterocycles. The molecule has 0 saturated heterocycles. The van der Waals surface area contributed by atoms with E-state index in [1.54, 1.807) is 6.07 Å². The Morgan fingerprint density at radius 2 is 1.76 bits per heavy atom. The molecule has 1 nitrogen and oxygen atoms in total. The van der Waals surface area contributed by atoms with Gasteiger partial charge in [0.05, 0.1) is 0 Å². The zero-order chi connectivity index (χ0) is 15.4. The molecule has 1 N–H and O–H groups in total. The van der Waals surface area contributed by atoms with Gasteiger partial charge in [-0.2, -0.15) is 0 Å². The van der Waals surface area contributed by atoms with E-state index in [1.165, 1.54) is 0 Å². The third-order valence-electron chi connectivity index (χ3n) is 3.42. The number of hydrogen-bond acceptors (Lipinski definition) is 1. The number of benzene rings is 2. The van der Waals surface area contributed by atoms with E-state index in [1.807, 2.05) is 25.1 Å². The van der Waals surface area contributed by atoms with Gasteiger partial charge in [-0.3, -0.25) is 0 Å². The standard InChI is InChI=1S/C17H18Cl3N/c1-3-21-17(14-7-4-11(2)8-16(14)20)9-12-5-6-13(18)10-15(12)19/h4-8,10,17,21H,3,9H2,1-2H3. The number of hydrogen-bond donors (Lipinski definition) is 1. The molecule has 4 heteroatoms. The smallest absolute Gasteiger partial charge is 0.0456 e. The number of aryl methyl sites for hydroxylation is 1. The van der Waals surface area contributed by atoms with Crippen molar-refractivity contribution in [1.29, 1.82) is 0 Å². The minimum atomic E-state index is 0.127. The molecule has 0 spiro atoms. The normalized spacial score (nSPS) is 12.4. The summed E-state index contributed by atoms with van der Waals surface area (Å²) < 4.78 is 0. The molecule has 0 heterocycles. The van der Waals surface area contributed by atoms with E-state index >= 15 is 0 Å². The second-order valence-corrected chi connectivity index (χ2v) is 6.33. The third kappa shape index (κ3) is 4.37. The van der Waals surface area contributed by atoms with Crippen molar-refractivity contribution in [3.8, 4) is 0 Å². The molecule has 0 aromatic heterocycles. The summed E-state index contributed by atoms with van der Waals surface area (Å²) in [6, 6.07) is 11.9. The second kappa shape index (κ2) is 7.51. The molecular weight excluding hydrogens is 325 g/mol. The molecule has 1 atom stereocenters. The average molecular weight is 343 g/mol. The average Bonchev–Trinajstić information content (AvgIpc) is 2.41. The van der Waals surface area contributed by atoms with Gasteiger partial charge in [0, 0.05) is 21.1 Å². The minimum absolute atomic E-state index is 0.127. The van der Waals surface area contributed by atoms with Crippen LogP contribution in [-0.4, -0.2) is 6.54 Å². The SMILES string of the molecule is CCNC(Cc1ccc(Cl)cc1Cl)c1ccc(C)cc1Cl. The van der Waals surface area contributed by atoms with Gasteiger partial charge in [0.15, 0.2) is 0 Å². The largest absolute Gasteiger partial charge is 0.310 e. The van der Waals surface area contributed by atoms with Gasteiger partial charge in [0.2, 0.25) is 0 Å². The van der Waals surface area contributed by atoms with Crippen molar-refractivity contribution in [2.45, 2.75) is 26.3 Å². The number of rotatable bonds is 5. The van der Waals surface area contributed by atoms with Gasteiger partial charge in [0.25, 0.3) is 0 Å². The van der Waals surface area contributed by atoms with Crippen LogP contribution in [0.4, 0.5) is 0 Å². The van der Waals surface area contributed by atoms with Crippen molar-refractivity contribution in [2.24, 2.45) is 0 Å². The first-order valence-electron chi connectivity index (χ1n) is 6.94. The molecule has 0 aliphatic rings. The molecule has 0 amide bonds. The van der Waals surface area contributed by atoms with E-state index in [4.69, 9.17) is 34.8 Å².